The summed E-state index contributed by atoms with van der Waals surface area (Å²) in [6, 6.07) is 3.73. The molecule has 1 aliphatic heterocycles. The second-order valence-corrected chi connectivity index (χ2v) is 6.14. The summed E-state index contributed by atoms with van der Waals surface area (Å²) in [6.07, 6.45) is 3.68. The molecule has 118 valence electrons. The number of hydrogen-bond donors (Lipinski definition) is 2. The fourth-order valence-corrected chi connectivity index (χ4v) is 3.26. The highest BCUT2D eigenvalue weighted by Gasteiger charge is 2.28. The first kappa shape index (κ1) is 14.8. The van der Waals surface area contributed by atoms with Gasteiger partial charge in [0.25, 0.3) is 0 Å². The van der Waals surface area contributed by atoms with Crippen LogP contribution in [-0.4, -0.2) is 49.6 Å². The van der Waals surface area contributed by atoms with Crippen LogP contribution in [-0.2, 0) is 0 Å². The third kappa shape index (κ3) is 2.43. The molecule has 0 aromatic carbocycles. The van der Waals surface area contributed by atoms with Crippen LogP contribution in [0.4, 0.5) is 0 Å². The molecule has 22 heavy (non-hydrogen) atoms. The van der Waals surface area contributed by atoms with Gasteiger partial charge in [0.2, 0.25) is 0 Å². The van der Waals surface area contributed by atoms with Gasteiger partial charge in [-0.25, -0.2) is 9.78 Å². The molecule has 2 aromatic heterocycles. The first-order valence-corrected chi connectivity index (χ1v) is 7.66. The van der Waals surface area contributed by atoms with E-state index in [1.807, 2.05) is 0 Å². The predicted molar refractivity (Wildman–Crippen MR) is 82.5 cm³/mol. The number of carboxylic acid groups (broad SMARTS) is 1. The van der Waals surface area contributed by atoms with Crippen molar-refractivity contribution in [2.24, 2.45) is 0 Å². The molecule has 0 saturated carbocycles. The largest absolute Gasteiger partial charge is 0.506 e. The summed E-state index contributed by atoms with van der Waals surface area (Å²) < 4.78 is 1.73. The van der Waals surface area contributed by atoms with Gasteiger partial charge in [0.05, 0.1) is 0 Å². The molecule has 3 heterocycles. The smallest absolute Gasteiger partial charge is 0.356 e. The van der Waals surface area contributed by atoms with Crippen LogP contribution in [0.25, 0.3) is 5.52 Å². The van der Waals surface area contributed by atoms with E-state index >= 15 is 0 Å². The van der Waals surface area contributed by atoms with E-state index in [0.29, 0.717) is 6.04 Å². The van der Waals surface area contributed by atoms with Gasteiger partial charge in [0.1, 0.15) is 17.1 Å². The number of aromatic nitrogens is 2. The molecule has 0 radical (unpaired) electrons. The minimum absolute atomic E-state index is 0.0433. The van der Waals surface area contributed by atoms with E-state index in [1.165, 1.54) is 6.07 Å². The van der Waals surface area contributed by atoms with Gasteiger partial charge in [0.15, 0.2) is 5.69 Å². The molecular weight excluding hydrogens is 282 g/mol. The molecule has 2 N–H and O–H groups in total. The lowest BCUT2D eigenvalue weighted by molar-refractivity contribution is 0.0692. The summed E-state index contributed by atoms with van der Waals surface area (Å²) in [5, 5.41) is 19.3. The first-order valence-electron chi connectivity index (χ1n) is 7.66. The highest BCUT2D eigenvalue weighted by molar-refractivity contribution is 5.95. The van der Waals surface area contributed by atoms with Gasteiger partial charge in [-0.3, -0.25) is 4.40 Å². The van der Waals surface area contributed by atoms with Crippen LogP contribution < -0.4 is 0 Å². The van der Waals surface area contributed by atoms with Crippen molar-refractivity contribution < 1.29 is 15.0 Å². The Bertz CT molecular complexity index is 700. The zero-order valence-corrected chi connectivity index (χ0v) is 12.9. The molecule has 2 aromatic rings. The van der Waals surface area contributed by atoms with Crippen LogP contribution in [0.2, 0.25) is 0 Å². The molecule has 0 aliphatic carbocycles. The van der Waals surface area contributed by atoms with Gasteiger partial charge in [-0.05, 0) is 51.9 Å². The van der Waals surface area contributed by atoms with E-state index < -0.39 is 5.97 Å². The Morgan fingerprint density at radius 1 is 1.36 bits per heavy atom. The van der Waals surface area contributed by atoms with Crippen LogP contribution >= 0.6 is 0 Å². The maximum Gasteiger partial charge on any atom is 0.356 e. The van der Waals surface area contributed by atoms with Crippen LogP contribution in [0.1, 0.15) is 48.9 Å². The number of aromatic hydroxyl groups is 1. The number of pyridine rings is 1. The van der Waals surface area contributed by atoms with Gasteiger partial charge in [0, 0.05) is 18.2 Å². The number of carboxylic acids is 1. The predicted octanol–water partition coefficient (Wildman–Crippen LogP) is 2.33. The Hall–Kier alpha value is -2.08. The lowest BCUT2D eigenvalue weighted by Gasteiger charge is -2.34. The number of piperidine rings is 1. The van der Waals surface area contributed by atoms with Crippen molar-refractivity contribution >= 4 is 11.5 Å². The molecule has 0 atom stereocenters. The Kier molecular flexibility index (Phi) is 3.78. The third-order valence-electron chi connectivity index (χ3n) is 4.50. The fraction of sp³-hybridized carbons (Fsp3) is 0.500. The van der Waals surface area contributed by atoms with E-state index in [0.717, 1.165) is 31.8 Å². The minimum atomic E-state index is -1.11. The van der Waals surface area contributed by atoms with Gasteiger partial charge < -0.3 is 15.1 Å². The maximum atomic E-state index is 11.4. The number of nitrogens with zero attached hydrogens (tertiary/aromatic N) is 3. The number of likely N-dealkylation sites (tertiary alicyclic amines) is 1. The van der Waals surface area contributed by atoms with E-state index in [-0.39, 0.29) is 22.9 Å². The highest BCUT2D eigenvalue weighted by atomic mass is 16.4. The SMILES string of the molecule is CC(C)N1CCC(c2nc(C(=O)O)c3c(O)cccn23)CC1. The number of rotatable bonds is 3. The minimum Gasteiger partial charge on any atom is -0.506 e. The average molecular weight is 303 g/mol. The zero-order chi connectivity index (χ0) is 15.9. The van der Waals surface area contributed by atoms with Crippen molar-refractivity contribution in [2.45, 2.75) is 38.6 Å². The summed E-state index contributed by atoms with van der Waals surface area (Å²) in [5.74, 6) is -0.188. The molecule has 1 aliphatic rings. The summed E-state index contributed by atoms with van der Waals surface area (Å²) in [7, 11) is 0. The molecule has 6 nitrogen and oxygen atoms in total. The summed E-state index contributed by atoms with van der Waals surface area (Å²) in [5.41, 5.74) is 0.218. The van der Waals surface area contributed by atoms with E-state index in [9.17, 15) is 15.0 Å². The molecule has 6 heteroatoms. The zero-order valence-electron chi connectivity index (χ0n) is 12.9. The van der Waals surface area contributed by atoms with Crippen molar-refractivity contribution in [3.8, 4) is 5.75 Å². The Labute approximate surface area is 129 Å². The van der Waals surface area contributed by atoms with Crippen LogP contribution in [0.5, 0.6) is 5.75 Å². The molecule has 0 bridgehead atoms. The van der Waals surface area contributed by atoms with Crippen molar-refractivity contribution in [1.82, 2.24) is 14.3 Å². The standard InChI is InChI=1S/C16H21N3O3/c1-10(2)18-8-5-11(6-9-18)15-17-13(16(21)22)14-12(20)4-3-7-19(14)15/h3-4,7,10-11,20H,5-6,8-9H2,1-2H3,(H,21,22). The molecule has 3 rings (SSSR count). The van der Waals surface area contributed by atoms with Crippen molar-refractivity contribution in [3.05, 3.63) is 29.8 Å². The lowest BCUT2D eigenvalue weighted by atomic mass is 9.95. The molecule has 1 fully saturated rings. The number of carbonyl (C=O) groups is 1. The molecule has 0 amide bonds. The normalized spacial score (nSPS) is 17.4. The van der Waals surface area contributed by atoms with Crippen LogP contribution in [0, 0.1) is 0 Å². The van der Waals surface area contributed by atoms with E-state index in [4.69, 9.17) is 0 Å². The fourth-order valence-electron chi connectivity index (χ4n) is 3.26. The Morgan fingerprint density at radius 2 is 2.05 bits per heavy atom. The van der Waals surface area contributed by atoms with Crippen molar-refractivity contribution in [1.29, 1.82) is 0 Å². The summed E-state index contributed by atoms with van der Waals surface area (Å²) in [4.78, 5) is 18.2. The molecule has 1 saturated heterocycles. The number of fused-ring (bicyclic) bond motifs is 1. The van der Waals surface area contributed by atoms with Crippen LogP contribution in [0.3, 0.4) is 0 Å². The number of imidazole rings is 1. The van der Waals surface area contributed by atoms with E-state index in [2.05, 4.69) is 23.7 Å². The summed E-state index contributed by atoms with van der Waals surface area (Å²) in [6.45, 7) is 6.34. The number of hydrogen-bond acceptors (Lipinski definition) is 4. The average Bonchev–Trinajstić information content (AvgIpc) is 2.88. The maximum absolute atomic E-state index is 11.4. The van der Waals surface area contributed by atoms with Gasteiger partial charge in [-0.2, -0.15) is 0 Å². The Morgan fingerprint density at radius 3 is 2.64 bits per heavy atom. The van der Waals surface area contributed by atoms with Crippen LogP contribution in [0.15, 0.2) is 18.3 Å². The van der Waals surface area contributed by atoms with Gasteiger partial charge in [-0.15, -0.1) is 0 Å². The van der Waals surface area contributed by atoms with Crippen molar-refractivity contribution in [3.63, 3.8) is 0 Å². The molecule has 0 spiro atoms. The van der Waals surface area contributed by atoms with Gasteiger partial charge >= 0.3 is 5.97 Å². The van der Waals surface area contributed by atoms with Gasteiger partial charge in [-0.1, -0.05) is 0 Å². The molecular formula is C16H21N3O3. The monoisotopic (exact) mass is 303 g/mol. The first-order chi connectivity index (χ1) is 10.5. The Balaban J connectivity index is 1.98. The van der Waals surface area contributed by atoms with Crippen molar-refractivity contribution in [2.75, 3.05) is 13.1 Å². The quantitative estimate of drug-likeness (QED) is 0.910. The lowest BCUT2D eigenvalue weighted by Crippen LogP contribution is -2.38. The number of aromatic carboxylic acids is 1. The van der Waals surface area contributed by atoms with E-state index in [1.54, 1.807) is 16.7 Å². The summed E-state index contributed by atoms with van der Waals surface area (Å²) >= 11 is 0. The second-order valence-electron chi connectivity index (χ2n) is 6.14. The highest BCUT2D eigenvalue weighted by Crippen LogP contribution is 2.32. The second kappa shape index (κ2) is 5.61. The topological polar surface area (TPSA) is 78.1 Å². The third-order valence-corrected chi connectivity index (χ3v) is 4.50. The molecule has 0 unspecified atom stereocenters.